The lowest BCUT2D eigenvalue weighted by atomic mass is 9.39. The molecule has 0 radical (unpaired) electrons. The van der Waals surface area contributed by atoms with Gasteiger partial charge in [-0.2, -0.15) is 0 Å². The van der Waals surface area contributed by atoms with Crippen LogP contribution in [0.2, 0.25) is 0 Å². The zero-order valence-electron chi connectivity index (χ0n) is 41.2. The van der Waals surface area contributed by atoms with E-state index in [2.05, 4.69) is 29.5 Å². The Balaban J connectivity index is 0.886. The average Bonchev–Trinajstić information content (AvgIpc) is 3.74. The van der Waals surface area contributed by atoms with Gasteiger partial charge in [-0.05, 0) is 127 Å². The summed E-state index contributed by atoms with van der Waals surface area (Å²) in [5.41, 5.74) is 11.7. The topological polar surface area (TPSA) is 245 Å². The molecule has 3 heterocycles. The summed E-state index contributed by atoms with van der Waals surface area (Å²) in [6.45, 7) is 8.07. The number of carboxylic acid groups (broad SMARTS) is 1. The number of nitrogens with zero attached hydrogens (tertiary/aromatic N) is 5. The van der Waals surface area contributed by atoms with Crippen molar-refractivity contribution in [3.63, 3.8) is 0 Å². The fourth-order valence-electron chi connectivity index (χ4n) is 12.9. The van der Waals surface area contributed by atoms with Crippen molar-refractivity contribution >= 4 is 77.5 Å². The number of anilines is 3. The van der Waals surface area contributed by atoms with E-state index in [0.717, 1.165) is 71.1 Å². The molecule has 5 aliphatic rings. The summed E-state index contributed by atoms with van der Waals surface area (Å²) in [6.07, 6.45) is 6.76. The lowest BCUT2D eigenvalue weighted by Crippen LogP contribution is -2.64. The maximum Gasteiger partial charge on any atom is 0.410 e. The highest BCUT2D eigenvalue weighted by Crippen LogP contribution is 2.71. The first-order chi connectivity index (χ1) is 34.3. The number of aliphatic imine (C=N–C) groups is 1. The minimum Gasteiger partial charge on any atom is -0.476 e. The Morgan fingerprint density at radius 1 is 0.931 bits per heavy atom. The first-order valence-corrected chi connectivity index (χ1v) is 26.8. The molecule has 72 heavy (non-hydrogen) atoms. The number of carbonyl (C=O) groups excluding carboxylic acids is 2. The van der Waals surface area contributed by atoms with Crippen LogP contribution in [0.15, 0.2) is 90.1 Å². The van der Waals surface area contributed by atoms with Gasteiger partial charge in [0, 0.05) is 74.1 Å². The van der Waals surface area contributed by atoms with E-state index in [-0.39, 0.29) is 54.1 Å². The normalized spacial score (nSPS) is 23.7. The molecule has 4 aliphatic carbocycles. The van der Waals surface area contributed by atoms with E-state index < -0.39 is 33.4 Å². The summed E-state index contributed by atoms with van der Waals surface area (Å²) < 4.78 is 37.5. The van der Waals surface area contributed by atoms with Crippen molar-refractivity contribution in [2.45, 2.75) is 84.5 Å². The molecular weight excluding hydrogens is 955 g/mol. The molecule has 2 unspecified atom stereocenters. The summed E-state index contributed by atoms with van der Waals surface area (Å²) in [7, 11) is -2.04. The molecule has 4 saturated carbocycles. The van der Waals surface area contributed by atoms with Crippen molar-refractivity contribution in [2.75, 3.05) is 61.1 Å². The lowest BCUT2D eigenvalue weighted by Gasteiger charge is -2.69. The number of pyridine rings is 1. The van der Waals surface area contributed by atoms with Crippen molar-refractivity contribution in [3.05, 3.63) is 119 Å². The Bertz CT molecular complexity index is 3030. The van der Waals surface area contributed by atoms with Gasteiger partial charge in [0.05, 0.1) is 28.2 Å². The molecule has 10 rings (SSSR count). The predicted octanol–water partition coefficient (Wildman–Crippen LogP) is 8.07. The van der Waals surface area contributed by atoms with Crippen LogP contribution < -0.4 is 26.4 Å². The second-order valence-electron chi connectivity index (χ2n) is 21.0. The fourth-order valence-corrected chi connectivity index (χ4v) is 14.3. The summed E-state index contributed by atoms with van der Waals surface area (Å²) in [4.78, 5) is 57.9. The van der Waals surface area contributed by atoms with Gasteiger partial charge in [0.25, 0.3) is 5.91 Å². The van der Waals surface area contributed by atoms with Crippen LogP contribution >= 0.6 is 11.3 Å². The van der Waals surface area contributed by atoms with Crippen LogP contribution in [0.5, 0.6) is 0 Å². The molecule has 4 fully saturated rings. The third kappa shape index (κ3) is 11.0. The third-order valence-corrected chi connectivity index (χ3v) is 16.6. The third-order valence-electron chi connectivity index (χ3n) is 14.9. The zero-order chi connectivity index (χ0) is 51.1. The van der Waals surface area contributed by atoms with E-state index in [4.69, 9.17) is 30.3 Å². The van der Waals surface area contributed by atoms with Crippen LogP contribution in [0.25, 0.3) is 15.8 Å². The van der Waals surface area contributed by atoms with Gasteiger partial charge in [-0.15, -0.1) is 0 Å². The van der Waals surface area contributed by atoms with Gasteiger partial charge in [0.15, 0.2) is 10.8 Å². The van der Waals surface area contributed by atoms with E-state index >= 15 is 0 Å². The molecule has 1 aliphatic heterocycles. The van der Waals surface area contributed by atoms with Gasteiger partial charge < -0.3 is 35.4 Å². The highest BCUT2D eigenvalue weighted by molar-refractivity contribution is 7.89. The largest absolute Gasteiger partial charge is 0.476 e. The van der Waals surface area contributed by atoms with E-state index in [1.54, 1.807) is 18.2 Å². The molecule has 3 aromatic carbocycles. The number of amides is 2. The van der Waals surface area contributed by atoms with Gasteiger partial charge >= 0.3 is 12.1 Å². The van der Waals surface area contributed by atoms with Crippen LogP contribution in [0.4, 0.5) is 21.4 Å². The molecule has 2 aromatic heterocycles. The van der Waals surface area contributed by atoms with E-state index in [9.17, 15) is 27.9 Å². The number of primary sulfonamides is 1. The molecular formula is C53H63N9O8S2. The number of sulfonamides is 1. The highest BCUT2D eigenvalue weighted by atomic mass is 32.2. The number of carbonyl (C=O) groups is 3. The standard InChI is InChI=1S/C53H63N9O8S2/c1-34(40(24-54)38-16-17-44(59-45(38)47(64)65)62-19-18-36-8-7-9-39(41(36)25-62)46(63)60-48-58-42-10-5-6-11-43(42)71-48)57-33-52-28-50(2)27-51(3,29-52)31-53(30-50,32-52)70-22-20-61(21-23-72(55,67)68)49(66)69-26-35-12-14-37(56-4)15-13-35/h5-17,24,56H,18-23,25-33,54H2,1-4H3,(H,64,65)(H2,55,67,68)(H,58,60,63). The predicted molar refractivity (Wildman–Crippen MR) is 281 cm³/mol. The second kappa shape index (κ2) is 19.9. The number of nitrogens with two attached hydrogens (primary N) is 2. The van der Waals surface area contributed by atoms with Crippen molar-refractivity contribution in [3.8, 4) is 0 Å². The van der Waals surface area contributed by atoms with E-state index in [0.29, 0.717) is 59.4 Å². The second-order valence-corrected chi connectivity index (χ2v) is 23.7. The molecule has 0 saturated heterocycles. The Labute approximate surface area is 424 Å². The Morgan fingerprint density at radius 2 is 1.68 bits per heavy atom. The number of aromatic carboxylic acids is 1. The lowest BCUT2D eigenvalue weighted by molar-refractivity contribution is -0.242. The molecule has 19 heteroatoms. The molecule has 2 amide bonds. The van der Waals surface area contributed by atoms with Gasteiger partial charge in [-0.25, -0.2) is 33.1 Å². The number of thiazole rings is 1. The van der Waals surface area contributed by atoms with Crippen LogP contribution in [0.1, 0.15) is 102 Å². The smallest absolute Gasteiger partial charge is 0.410 e. The maximum atomic E-state index is 13.7. The summed E-state index contributed by atoms with van der Waals surface area (Å²) in [6, 6.07) is 24.4. The quantitative estimate of drug-likeness (QED) is 0.0522. The minimum absolute atomic E-state index is 0.0181. The fraction of sp³-hybridized carbons (Fsp3) is 0.434. The number of carboxylic acids is 1. The van der Waals surface area contributed by atoms with Crippen LogP contribution in [-0.4, -0.2) is 103 Å². The summed E-state index contributed by atoms with van der Waals surface area (Å²) >= 11 is 1.41. The first-order valence-electron chi connectivity index (χ1n) is 24.3. The van der Waals surface area contributed by atoms with Crippen LogP contribution in [-0.2, 0) is 39.1 Å². The maximum absolute atomic E-state index is 13.7. The number of hydrogen-bond acceptors (Lipinski definition) is 14. The number of para-hydroxylation sites is 1. The average molecular weight is 1020 g/mol. The summed E-state index contributed by atoms with van der Waals surface area (Å²) in [5, 5.41) is 22.5. The van der Waals surface area contributed by atoms with Crippen molar-refractivity contribution in [1.82, 2.24) is 14.9 Å². The van der Waals surface area contributed by atoms with Crippen molar-refractivity contribution in [1.29, 1.82) is 0 Å². The molecule has 4 bridgehead atoms. The minimum atomic E-state index is -3.86. The SMILES string of the molecule is CNc1ccc(COC(=O)N(CCOC23CC4(C)CC(C)(CC(CN=C(C)C(=CN)c5ccc(N6CCc7cccc(C(=O)Nc8nc9ccccc9s8)c7C6)nc5C(=O)O)(C4)C2)C3)CCS(N)(=O)=O)cc1. The van der Waals surface area contributed by atoms with E-state index in [1.807, 2.05) is 79.5 Å². The Morgan fingerprint density at radius 3 is 2.38 bits per heavy atom. The molecule has 17 nitrogen and oxygen atoms in total. The number of nitrogens with one attached hydrogen (secondary N) is 2. The monoisotopic (exact) mass is 1020 g/mol. The summed E-state index contributed by atoms with van der Waals surface area (Å²) in [5.74, 6) is -1.42. The number of ether oxygens (including phenoxy) is 2. The number of benzene rings is 3. The number of rotatable bonds is 18. The molecule has 0 spiro atoms. The molecule has 7 N–H and O–H groups in total. The number of allylic oxidation sites excluding steroid dienone is 1. The van der Waals surface area contributed by atoms with Gasteiger partial charge in [-0.1, -0.05) is 61.6 Å². The Hall–Kier alpha value is -6.41. The molecule has 5 aromatic rings. The van der Waals surface area contributed by atoms with Crippen LogP contribution in [0, 0.1) is 16.2 Å². The van der Waals surface area contributed by atoms with E-state index in [1.165, 1.54) is 22.4 Å². The van der Waals surface area contributed by atoms with Crippen molar-refractivity contribution in [2.24, 2.45) is 32.1 Å². The number of aromatic nitrogens is 2. The Kier molecular flexibility index (Phi) is 14.0. The van der Waals surface area contributed by atoms with Gasteiger partial charge in [0.1, 0.15) is 12.4 Å². The highest BCUT2D eigenvalue weighted by Gasteiger charge is 2.66. The van der Waals surface area contributed by atoms with Crippen LogP contribution in [0.3, 0.4) is 0 Å². The number of fused-ring (bicyclic) bond motifs is 2. The number of hydrogen-bond donors (Lipinski definition) is 5. The van der Waals surface area contributed by atoms with Gasteiger partial charge in [-0.3, -0.25) is 15.1 Å². The zero-order valence-corrected chi connectivity index (χ0v) is 42.8. The first kappa shape index (κ1) is 50.5. The van der Waals surface area contributed by atoms with Crippen molar-refractivity contribution < 1.29 is 37.4 Å². The molecule has 2 atom stereocenters. The van der Waals surface area contributed by atoms with Gasteiger partial charge in [0.2, 0.25) is 10.0 Å². The molecule has 380 valence electrons.